The van der Waals surface area contributed by atoms with Gasteiger partial charge in [0.2, 0.25) is 0 Å². The lowest BCUT2D eigenvalue weighted by molar-refractivity contribution is 0.102. The quantitative estimate of drug-likeness (QED) is 0.877. The van der Waals surface area contributed by atoms with Crippen LogP contribution in [0.4, 0.5) is 11.5 Å². The molecule has 0 radical (unpaired) electrons. The Labute approximate surface area is 124 Å². The maximum atomic E-state index is 12.1. The van der Waals surface area contributed by atoms with Crippen molar-refractivity contribution in [2.75, 3.05) is 11.1 Å². The number of nitrogens with one attached hydrogen (secondary N) is 1. The highest BCUT2D eigenvalue weighted by atomic mass is 79.9. The molecule has 0 spiro atoms. The van der Waals surface area contributed by atoms with Crippen LogP contribution in [0.25, 0.3) is 0 Å². The zero-order valence-corrected chi connectivity index (χ0v) is 12.4. The molecule has 6 heteroatoms. The number of pyridine rings is 1. The van der Waals surface area contributed by atoms with E-state index in [-0.39, 0.29) is 5.91 Å². The number of nitrogen functional groups attached to an aromatic ring is 1. The van der Waals surface area contributed by atoms with Crippen LogP contribution in [0.15, 0.2) is 34.9 Å². The van der Waals surface area contributed by atoms with Gasteiger partial charge in [-0.1, -0.05) is 11.6 Å². The average Bonchev–Trinajstić information content (AvgIpc) is 2.33. The number of amides is 1. The third-order valence-corrected chi connectivity index (χ3v) is 3.46. The number of hydrogen-bond donors (Lipinski definition) is 2. The average molecular weight is 341 g/mol. The zero-order chi connectivity index (χ0) is 14.0. The molecule has 2 rings (SSSR count). The van der Waals surface area contributed by atoms with Crippen LogP contribution in [0.2, 0.25) is 5.02 Å². The van der Waals surface area contributed by atoms with Crippen molar-refractivity contribution in [3.05, 3.63) is 51.1 Å². The highest BCUT2D eigenvalue weighted by Crippen LogP contribution is 2.22. The number of nitrogens with two attached hydrogens (primary N) is 1. The predicted molar refractivity (Wildman–Crippen MR) is 80.5 cm³/mol. The summed E-state index contributed by atoms with van der Waals surface area (Å²) in [6.07, 6.45) is 1.52. The molecule has 0 unspecified atom stereocenters. The standard InChI is InChI=1S/C13H11BrClN3O/c1-7-4-12(17-6-11(7)16)18-13(19)9-3-2-8(15)5-10(9)14/h2-6H,16H2,1H3,(H,17,18,19). The molecule has 2 aromatic rings. The van der Waals surface area contributed by atoms with E-state index in [1.807, 2.05) is 6.92 Å². The van der Waals surface area contributed by atoms with E-state index in [0.717, 1.165) is 5.56 Å². The fourth-order valence-electron chi connectivity index (χ4n) is 1.49. The molecule has 1 aromatic carbocycles. The predicted octanol–water partition coefficient (Wildman–Crippen LogP) is 3.64. The Morgan fingerprint density at radius 2 is 2.16 bits per heavy atom. The molecule has 0 aliphatic heterocycles. The van der Waals surface area contributed by atoms with Crippen LogP contribution in [-0.2, 0) is 0 Å². The van der Waals surface area contributed by atoms with Gasteiger partial charge in [0.05, 0.1) is 17.4 Å². The Morgan fingerprint density at radius 3 is 2.79 bits per heavy atom. The fraction of sp³-hybridized carbons (Fsp3) is 0.0769. The number of benzene rings is 1. The van der Waals surface area contributed by atoms with Crippen molar-refractivity contribution in [2.24, 2.45) is 0 Å². The number of hydrogen-bond acceptors (Lipinski definition) is 3. The van der Waals surface area contributed by atoms with Gasteiger partial charge in [-0.05, 0) is 52.7 Å². The smallest absolute Gasteiger partial charge is 0.257 e. The molecule has 98 valence electrons. The Morgan fingerprint density at radius 1 is 1.42 bits per heavy atom. The van der Waals surface area contributed by atoms with Crippen LogP contribution in [0.5, 0.6) is 0 Å². The molecule has 1 heterocycles. The molecule has 0 saturated heterocycles. The molecule has 0 fully saturated rings. The first-order chi connectivity index (χ1) is 8.97. The number of halogens is 2. The summed E-state index contributed by atoms with van der Waals surface area (Å²) >= 11 is 9.13. The van der Waals surface area contributed by atoms with Gasteiger partial charge in [0, 0.05) is 9.50 Å². The van der Waals surface area contributed by atoms with E-state index in [0.29, 0.717) is 26.6 Å². The van der Waals surface area contributed by atoms with Crippen LogP contribution >= 0.6 is 27.5 Å². The van der Waals surface area contributed by atoms with Crippen LogP contribution in [0, 0.1) is 6.92 Å². The van der Waals surface area contributed by atoms with E-state index >= 15 is 0 Å². The molecular weight excluding hydrogens is 330 g/mol. The second-order valence-electron chi connectivity index (χ2n) is 4.00. The minimum absolute atomic E-state index is 0.264. The lowest BCUT2D eigenvalue weighted by atomic mass is 10.2. The second-order valence-corrected chi connectivity index (χ2v) is 5.30. The minimum atomic E-state index is -0.264. The van der Waals surface area contributed by atoms with Gasteiger partial charge in [-0.2, -0.15) is 0 Å². The van der Waals surface area contributed by atoms with Crippen molar-refractivity contribution >= 4 is 44.9 Å². The van der Waals surface area contributed by atoms with Crippen molar-refractivity contribution < 1.29 is 4.79 Å². The minimum Gasteiger partial charge on any atom is -0.397 e. The summed E-state index contributed by atoms with van der Waals surface area (Å²) in [6, 6.07) is 6.68. The summed E-state index contributed by atoms with van der Waals surface area (Å²) in [6.45, 7) is 1.85. The number of rotatable bonds is 2. The van der Waals surface area contributed by atoms with Gasteiger partial charge < -0.3 is 11.1 Å². The van der Waals surface area contributed by atoms with E-state index in [1.54, 1.807) is 24.3 Å². The van der Waals surface area contributed by atoms with Crippen LogP contribution in [-0.4, -0.2) is 10.9 Å². The van der Waals surface area contributed by atoms with Crippen molar-refractivity contribution in [2.45, 2.75) is 6.92 Å². The molecule has 0 atom stereocenters. The third-order valence-electron chi connectivity index (χ3n) is 2.57. The molecule has 0 bridgehead atoms. The largest absolute Gasteiger partial charge is 0.397 e. The first kappa shape index (κ1) is 13.8. The van der Waals surface area contributed by atoms with Gasteiger partial charge in [-0.15, -0.1) is 0 Å². The summed E-state index contributed by atoms with van der Waals surface area (Å²) in [5, 5.41) is 3.27. The Kier molecular flexibility index (Phi) is 4.07. The molecule has 19 heavy (non-hydrogen) atoms. The van der Waals surface area contributed by atoms with E-state index in [4.69, 9.17) is 17.3 Å². The second kappa shape index (κ2) is 5.59. The molecule has 0 aliphatic carbocycles. The summed E-state index contributed by atoms with van der Waals surface area (Å²) < 4.78 is 0.629. The monoisotopic (exact) mass is 339 g/mol. The Hall–Kier alpha value is -1.59. The highest BCUT2D eigenvalue weighted by Gasteiger charge is 2.11. The lowest BCUT2D eigenvalue weighted by Crippen LogP contribution is -2.13. The lowest BCUT2D eigenvalue weighted by Gasteiger charge is -2.08. The van der Waals surface area contributed by atoms with Gasteiger partial charge in [0.25, 0.3) is 5.91 Å². The first-order valence-electron chi connectivity index (χ1n) is 5.46. The van der Waals surface area contributed by atoms with Gasteiger partial charge in [-0.3, -0.25) is 4.79 Å². The Bertz CT molecular complexity index is 646. The highest BCUT2D eigenvalue weighted by molar-refractivity contribution is 9.10. The maximum absolute atomic E-state index is 12.1. The molecular formula is C13H11BrClN3O. The van der Waals surface area contributed by atoms with Gasteiger partial charge >= 0.3 is 0 Å². The molecule has 0 saturated carbocycles. The zero-order valence-electron chi connectivity index (χ0n) is 10.1. The normalized spacial score (nSPS) is 10.3. The van der Waals surface area contributed by atoms with E-state index in [2.05, 4.69) is 26.2 Å². The summed E-state index contributed by atoms with van der Waals surface area (Å²) in [5.41, 5.74) is 7.61. The van der Waals surface area contributed by atoms with Crippen LogP contribution < -0.4 is 11.1 Å². The van der Waals surface area contributed by atoms with Gasteiger partial charge in [0.15, 0.2) is 0 Å². The van der Waals surface area contributed by atoms with Gasteiger partial charge in [-0.25, -0.2) is 4.98 Å². The van der Waals surface area contributed by atoms with E-state index < -0.39 is 0 Å². The van der Waals surface area contributed by atoms with E-state index in [1.165, 1.54) is 6.20 Å². The van der Waals surface area contributed by atoms with Gasteiger partial charge in [0.1, 0.15) is 5.82 Å². The number of aromatic nitrogens is 1. The van der Waals surface area contributed by atoms with Crippen LogP contribution in [0.3, 0.4) is 0 Å². The number of nitrogens with zero attached hydrogens (tertiary/aromatic N) is 1. The summed E-state index contributed by atoms with van der Waals surface area (Å²) in [7, 11) is 0. The number of anilines is 2. The number of aryl methyl sites for hydroxylation is 1. The SMILES string of the molecule is Cc1cc(NC(=O)c2ccc(Cl)cc2Br)ncc1N. The molecule has 4 nitrogen and oxygen atoms in total. The summed E-state index contributed by atoms with van der Waals surface area (Å²) in [5.74, 6) is 0.193. The van der Waals surface area contributed by atoms with Crippen LogP contribution in [0.1, 0.15) is 15.9 Å². The molecule has 1 aromatic heterocycles. The number of carbonyl (C=O) groups excluding carboxylic acids is 1. The van der Waals surface area contributed by atoms with Crippen molar-refractivity contribution in [3.8, 4) is 0 Å². The van der Waals surface area contributed by atoms with Crippen molar-refractivity contribution in [1.29, 1.82) is 0 Å². The summed E-state index contributed by atoms with van der Waals surface area (Å²) in [4.78, 5) is 16.1. The van der Waals surface area contributed by atoms with Crippen molar-refractivity contribution in [1.82, 2.24) is 4.98 Å². The molecule has 3 N–H and O–H groups in total. The maximum Gasteiger partial charge on any atom is 0.257 e. The molecule has 0 aliphatic rings. The first-order valence-corrected chi connectivity index (χ1v) is 6.63. The topological polar surface area (TPSA) is 68.0 Å². The fourth-order valence-corrected chi connectivity index (χ4v) is 2.35. The molecule has 1 amide bonds. The van der Waals surface area contributed by atoms with E-state index in [9.17, 15) is 4.79 Å². The van der Waals surface area contributed by atoms with Crippen molar-refractivity contribution in [3.63, 3.8) is 0 Å². The number of carbonyl (C=O) groups is 1. The Balaban J connectivity index is 2.23. The third kappa shape index (κ3) is 3.24.